The first-order valence-corrected chi connectivity index (χ1v) is 11.0. The van der Waals surface area contributed by atoms with Crippen LogP contribution in [0, 0.1) is 12.7 Å². The standard InChI is InChI=1S/C22H22FN5O4S/c1-4-32-16-10-17(33-21(16)22(29)30)15-9-18(26-11-25-15)24-8-7-13-12(2)27-28-19(31-3)6-5-14(23)20(13)28/h5-6,9-11H,4,7-8H2,1-3H3,(H,29,30)(H,24,25,26). The van der Waals surface area contributed by atoms with E-state index in [0.29, 0.717) is 58.8 Å². The van der Waals surface area contributed by atoms with E-state index in [1.807, 2.05) is 6.92 Å². The number of anilines is 1. The van der Waals surface area contributed by atoms with E-state index in [0.717, 1.165) is 16.9 Å². The molecule has 0 spiro atoms. The van der Waals surface area contributed by atoms with Gasteiger partial charge in [-0.15, -0.1) is 11.3 Å². The predicted molar refractivity (Wildman–Crippen MR) is 122 cm³/mol. The van der Waals surface area contributed by atoms with Crippen molar-refractivity contribution >= 4 is 28.6 Å². The third kappa shape index (κ3) is 4.44. The summed E-state index contributed by atoms with van der Waals surface area (Å²) in [5.74, 6) is -0.0747. The quantitative estimate of drug-likeness (QED) is 0.376. The van der Waals surface area contributed by atoms with Crippen molar-refractivity contribution < 1.29 is 23.8 Å². The fraction of sp³-hybridized carbons (Fsp3) is 0.273. The Kier molecular flexibility index (Phi) is 6.40. The Morgan fingerprint density at radius 1 is 1.30 bits per heavy atom. The number of rotatable bonds is 9. The third-order valence-corrected chi connectivity index (χ3v) is 6.12. The minimum absolute atomic E-state index is 0.126. The molecule has 0 aliphatic carbocycles. The van der Waals surface area contributed by atoms with E-state index >= 15 is 0 Å². The predicted octanol–water partition coefficient (Wildman–Crippen LogP) is 4.06. The molecule has 0 bridgehead atoms. The van der Waals surface area contributed by atoms with Crippen LogP contribution in [0.3, 0.4) is 0 Å². The zero-order valence-corrected chi connectivity index (χ0v) is 19.1. The van der Waals surface area contributed by atoms with Crippen molar-refractivity contribution in [3.8, 4) is 22.2 Å². The Hall–Kier alpha value is -3.73. The van der Waals surface area contributed by atoms with Crippen molar-refractivity contribution in [2.45, 2.75) is 20.3 Å². The number of thiophene rings is 1. The maximum Gasteiger partial charge on any atom is 0.349 e. The van der Waals surface area contributed by atoms with Crippen LogP contribution in [0.2, 0.25) is 0 Å². The number of methoxy groups -OCH3 is 1. The Morgan fingerprint density at radius 3 is 2.85 bits per heavy atom. The molecular formula is C22H22FN5O4S. The molecule has 9 nitrogen and oxygen atoms in total. The third-order valence-electron chi connectivity index (χ3n) is 4.99. The molecule has 0 radical (unpaired) electrons. The molecule has 4 aromatic rings. The lowest BCUT2D eigenvalue weighted by molar-refractivity contribution is 0.0698. The molecule has 172 valence electrons. The number of aryl methyl sites for hydroxylation is 1. The minimum atomic E-state index is -1.05. The summed E-state index contributed by atoms with van der Waals surface area (Å²) < 4.78 is 26.7. The van der Waals surface area contributed by atoms with E-state index in [2.05, 4.69) is 20.4 Å². The Balaban J connectivity index is 1.53. The first-order chi connectivity index (χ1) is 15.9. The number of ether oxygens (including phenoxy) is 2. The molecule has 4 aromatic heterocycles. The van der Waals surface area contributed by atoms with Crippen LogP contribution in [0.4, 0.5) is 10.2 Å². The summed E-state index contributed by atoms with van der Waals surface area (Å²) in [6, 6.07) is 6.31. The van der Waals surface area contributed by atoms with Gasteiger partial charge in [0.25, 0.3) is 0 Å². The van der Waals surface area contributed by atoms with Crippen molar-refractivity contribution in [2.24, 2.45) is 0 Å². The van der Waals surface area contributed by atoms with E-state index in [1.165, 1.54) is 30.1 Å². The molecule has 0 aromatic carbocycles. The second-order valence-electron chi connectivity index (χ2n) is 7.06. The molecule has 0 saturated carbocycles. The fourth-order valence-corrected chi connectivity index (χ4v) is 4.44. The maximum absolute atomic E-state index is 14.5. The molecule has 0 saturated heterocycles. The largest absolute Gasteiger partial charge is 0.492 e. The van der Waals surface area contributed by atoms with Crippen molar-refractivity contribution in [3.05, 3.63) is 52.5 Å². The van der Waals surface area contributed by atoms with Crippen molar-refractivity contribution in [2.75, 3.05) is 25.6 Å². The molecule has 33 heavy (non-hydrogen) atoms. The molecule has 0 amide bonds. The van der Waals surface area contributed by atoms with Gasteiger partial charge < -0.3 is 19.9 Å². The highest BCUT2D eigenvalue weighted by Gasteiger charge is 2.19. The summed E-state index contributed by atoms with van der Waals surface area (Å²) in [6.07, 6.45) is 1.92. The van der Waals surface area contributed by atoms with E-state index in [9.17, 15) is 14.3 Å². The number of carboxylic acid groups (broad SMARTS) is 1. The molecule has 0 atom stereocenters. The van der Waals surface area contributed by atoms with Crippen molar-refractivity contribution in [1.82, 2.24) is 19.6 Å². The molecule has 4 rings (SSSR count). The summed E-state index contributed by atoms with van der Waals surface area (Å²) in [6.45, 7) is 4.47. The first kappa shape index (κ1) is 22.5. The van der Waals surface area contributed by atoms with Crippen LogP contribution in [0.25, 0.3) is 16.1 Å². The lowest BCUT2D eigenvalue weighted by atomic mass is 10.1. The molecule has 4 heterocycles. The van der Waals surface area contributed by atoms with Gasteiger partial charge in [-0.25, -0.2) is 19.2 Å². The van der Waals surface area contributed by atoms with E-state index in [1.54, 1.807) is 19.1 Å². The monoisotopic (exact) mass is 471 g/mol. The van der Waals surface area contributed by atoms with Crippen LogP contribution in [0.5, 0.6) is 11.6 Å². The van der Waals surface area contributed by atoms with Crippen molar-refractivity contribution in [3.63, 3.8) is 0 Å². The average Bonchev–Trinajstić information content (AvgIpc) is 3.37. The summed E-state index contributed by atoms with van der Waals surface area (Å²) >= 11 is 1.09. The van der Waals surface area contributed by atoms with Crippen LogP contribution in [-0.2, 0) is 6.42 Å². The van der Waals surface area contributed by atoms with E-state index in [4.69, 9.17) is 9.47 Å². The van der Waals surface area contributed by atoms with Gasteiger partial charge in [0.2, 0.25) is 5.88 Å². The normalized spacial score (nSPS) is 11.0. The van der Waals surface area contributed by atoms with Crippen LogP contribution < -0.4 is 14.8 Å². The summed E-state index contributed by atoms with van der Waals surface area (Å²) in [4.78, 5) is 20.8. The molecule has 0 aliphatic rings. The number of carboxylic acids is 1. The van der Waals surface area contributed by atoms with E-state index in [-0.39, 0.29) is 10.7 Å². The lowest BCUT2D eigenvalue weighted by Gasteiger charge is -2.07. The van der Waals surface area contributed by atoms with Crippen molar-refractivity contribution in [1.29, 1.82) is 0 Å². The zero-order chi connectivity index (χ0) is 23.5. The number of aromatic carboxylic acids is 1. The topological polar surface area (TPSA) is 111 Å². The molecule has 0 aliphatic heterocycles. The van der Waals surface area contributed by atoms with Gasteiger partial charge in [-0.1, -0.05) is 0 Å². The number of carbonyl (C=O) groups is 1. The Labute approximate surface area is 192 Å². The molecule has 0 unspecified atom stereocenters. The van der Waals surface area contributed by atoms with Gasteiger partial charge in [0.15, 0.2) is 4.88 Å². The number of nitrogens with zero attached hydrogens (tertiary/aromatic N) is 4. The van der Waals surface area contributed by atoms with Gasteiger partial charge >= 0.3 is 5.97 Å². The SMILES string of the molecule is CCOc1cc(-c2cc(NCCc3c(C)nn4c(OC)ccc(F)c34)ncn2)sc1C(=O)O. The molecule has 11 heteroatoms. The second kappa shape index (κ2) is 9.41. The Morgan fingerprint density at radius 2 is 2.12 bits per heavy atom. The first-order valence-electron chi connectivity index (χ1n) is 10.2. The van der Waals surface area contributed by atoms with Gasteiger partial charge in [0.05, 0.1) is 30.0 Å². The highest BCUT2D eigenvalue weighted by Crippen LogP contribution is 2.36. The minimum Gasteiger partial charge on any atom is -0.492 e. The van der Waals surface area contributed by atoms with Crippen LogP contribution in [0.15, 0.2) is 30.6 Å². The van der Waals surface area contributed by atoms with Crippen LogP contribution in [-0.4, -0.2) is 50.9 Å². The number of hydrogen-bond acceptors (Lipinski definition) is 8. The number of hydrogen-bond donors (Lipinski definition) is 2. The van der Waals surface area contributed by atoms with Gasteiger partial charge in [-0.05, 0) is 26.3 Å². The summed E-state index contributed by atoms with van der Waals surface area (Å²) in [5, 5.41) is 17.0. The number of fused-ring (bicyclic) bond motifs is 1. The molecule has 2 N–H and O–H groups in total. The smallest absolute Gasteiger partial charge is 0.349 e. The Bertz CT molecular complexity index is 1320. The van der Waals surface area contributed by atoms with E-state index < -0.39 is 5.97 Å². The van der Waals surface area contributed by atoms with Gasteiger partial charge in [-0.3, -0.25) is 0 Å². The number of aromatic nitrogens is 4. The average molecular weight is 472 g/mol. The summed E-state index contributed by atoms with van der Waals surface area (Å²) in [7, 11) is 1.52. The zero-order valence-electron chi connectivity index (χ0n) is 18.3. The molecule has 0 fully saturated rings. The maximum atomic E-state index is 14.5. The fourth-order valence-electron chi connectivity index (χ4n) is 3.53. The van der Waals surface area contributed by atoms with Crippen LogP contribution >= 0.6 is 11.3 Å². The highest BCUT2D eigenvalue weighted by atomic mass is 32.1. The summed E-state index contributed by atoms with van der Waals surface area (Å²) in [5.41, 5.74) is 2.46. The number of halogens is 1. The van der Waals surface area contributed by atoms with Crippen LogP contribution in [0.1, 0.15) is 27.9 Å². The van der Waals surface area contributed by atoms with Gasteiger partial charge in [0, 0.05) is 30.3 Å². The lowest BCUT2D eigenvalue weighted by Crippen LogP contribution is -2.07. The second-order valence-corrected chi connectivity index (χ2v) is 8.11. The number of nitrogens with one attached hydrogen (secondary N) is 1. The van der Waals surface area contributed by atoms with Gasteiger partial charge in [0.1, 0.15) is 29.2 Å². The highest BCUT2D eigenvalue weighted by molar-refractivity contribution is 7.17. The van der Waals surface area contributed by atoms with Gasteiger partial charge in [-0.2, -0.15) is 9.61 Å². The molecular weight excluding hydrogens is 449 g/mol. The number of pyridine rings is 1.